The third-order valence-electron chi connectivity index (χ3n) is 6.43. The first kappa shape index (κ1) is 19.0. The monoisotopic (exact) mass is 396 g/mol. The lowest BCUT2D eigenvalue weighted by Gasteiger charge is -2.32. The van der Waals surface area contributed by atoms with Crippen molar-refractivity contribution in [1.82, 2.24) is 9.88 Å². The van der Waals surface area contributed by atoms with Gasteiger partial charge in [0.1, 0.15) is 5.75 Å². The van der Waals surface area contributed by atoms with E-state index in [0.29, 0.717) is 5.92 Å². The van der Waals surface area contributed by atoms with Crippen molar-refractivity contribution in [2.45, 2.75) is 25.3 Å². The normalized spacial score (nSPS) is 15.5. The van der Waals surface area contributed by atoms with Crippen LogP contribution in [0.25, 0.3) is 22.2 Å². The van der Waals surface area contributed by atoms with Gasteiger partial charge in [-0.2, -0.15) is 0 Å². The fourth-order valence-electron chi connectivity index (χ4n) is 4.74. The van der Waals surface area contributed by atoms with Crippen LogP contribution in [0.3, 0.4) is 0 Å². The Bertz CT molecular complexity index is 1110. The second-order valence-electron chi connectivity index (χ2n) is 8.21. The summed E-state index contributed by atoms with van der Waals surface area (Å²) in [5.74, 6) is 1.58. The minimum atomic E-state index is 0.642. The average molecular weight is 397 g/mol. The van der Waals surface area contributed by atoms with Crippen molar-refractivity contribution in [2.24, 2.45) is 0 Å². The number of H-pyrrole nitrogens is 1. The van der Waals surface area contributed by atoms with Crippen LogP contribution in [0.5, 0.6) is 5.75 Å². The maximum atomic E-state index is 5.30. The highest BCUT2D eigenvalue weighted by Crippen LogP contribution is 2.34. The van der Waals surface area contributed by atoms with Gasteiger partial charge in [0.15, 0.2) is 0 Å². The zero-order chi connectivity index (χ0) is 20.3. The maximum Gasteiger partial charge on any atom is 0.118 e. The Kier molecular flexibility index (Phi) is 5.29. The van der Waals surface area contributed by atoms with E-state index in [1.165, 1.54) is 46.1 Å². The number of rotatable bonds is 5. The number of nitrogens with zero attached hydrogens (tertiary/aromatic N) is 1. The summed E-state index contributed by atoms with van der Waals surface area (Å²) in [6, 6.07) is 28.0. The molecule has 0 saturated carbocycles. The Morgan fingerprint density at radius 2 is 1.57 bits per heavy atom. The van der Waals surface area contributed by atoms with Crippen LogP contribution in [-0.2, 0) is 6.54 Å². The molecule has 0 amide bonds. The van der Waals surface area contributed by atoms with Crippen LogP contribution in [0.1, 0.15) is 29.9 Å². The number of nitrogens with one attached hydrogen (secondary N) is 1. The number of likely N-dealkylation sites (tertiary alicyclic amines) is 1. The van der Waals surface area contributed by atoms with Crippen LogP contribution in [-0.4, -0.2) is 30.1 Å². The summed E-state index contributed by atoms with van der Waals surface area (Å²) in [5, 5.41) is 1.34. The molecule has 1 aromatic heterocycles. The van der Waals surface area contributed by atoms with E-state index < -0.39 is 0 Å². The van der Waals surface area contributed by atoms with E-state index in [1.807, 2.05) is 0 Å². The molecular weight excluding hydrogens is 368 g/mol. The van der Waals surface area contributed by atoms with Gasteiger partial charge in [-0.05, 0) is 66.7 Å². The molecule has 30 heavy (non-hydrogen) atoms. The Hall–Kier alpha value is -3.04. The van der Waals surface area contributed by atoms with Crippen molar-refractivity contribution in [2.75, 3.05) is 20.2 Å². The zero-order valence-corrected chi connectivity index (χ0v) is 17.5. The minimum Gasteiger partial charge on any atom is -0.497 e. The van der Waals surface area contributed by atoms with Crippen LogP contribution < -0.4 is 4.74 Å². The lowest BCUT2D eigenvalue weighted by atomic mass is 9.89. The van der Waals surface area contributed by atoms with Crippen LogP contribution in [0.15, 0.2) is 78.9 Å². The van der Waals surface area contributed by atoms with E-state index in [9.17, 15) is 0 Å². The molecule has 0 unspecified atom stereocenters. The van der Waals surface area contributed by atoms with Crippen molar-refractivity contribution in [3.63, 3.8) is 0 Å². The number of benzene rings is 3. The van der Waals surface area contributed by atoms with E-state index in [1.54, 1.807) is 7.11 Å². The predicted octanol–water partition coefficient (Wildman–Crippen LogP) is 6.22. The number of aromatic nitrogens is 1. The topological polar surface area (TPSA) is 28.3 Å². The summed E-state index contributed by atoms with van der Waals surface area (Å²) < 4.78 is 5.30. The van der Waals surface area contributed by atoms with Crippen LogP contribution in [0.4, 0.5) is 0 Å². The number of aromatic amines is 1. The molecule has 1 fully saturated rings. The highest BCUT2D eigenvalue weighted by atomic mass is 16.5. The van der Waals surface area contributed by atoms with Crippen molar-refractivity contribution in [1.29, 1.82) is 0 Å². The van der Waals surface area contributed by atoms with E-state index in [0.717, 1.165) is 25.4 Å². The first-order valence-electron chi connectivity index (χ1n) is 10.8. The van der Waals surface area contributed by atoms with Crippen molar-refractivity contribution in [3.8, 4) is 17.0 Å². The van der Waals surface area contributed by atoms with Gasteiger partial charge in [0.25, 0.3) is 0 Å². The van der Waals surface area contributed by atoms with Gasteiger partial charge in [-0.1, -0.05) is 60.7 Å². The fourth-order valence-corrected chi connectivity index (χ4v) is 4.74. The molecule has 1 aliphatic rings. The Morgan fingerprint density at radius 3 is 2.30 bits per heavy atom. The molecule has 0 radical (unpaired) electrons. The smallest absolute Gasteiger partial charge is 0.118 e. The van der Waals surface area contributed by atoms with Gasteiger partial charge < -0.3 is 9.72 Å². The molecule has 0 bridgehead atoms. The van der Waals surface area contributed by atoms with Crippen LogP contribution in [0, 0.1) is 0 Å². The molecule has 1 N–H and O–H groups in total. The predicted molar refractivity (Wildman–Crippen MR) is 124 cm³/mol. The second kappa shape index (κ2) is 8.37. The standard InChI is InChI=1S/C27H28N2O/c1-30-23-13-11-20(12-14-23)21-15-17-29(18-16-21)19-25-24-9-5-6-10-26(24)28-27(25)22-7-3-2-4-8-22/h2-14,21,28H,15-19H2,1H3. The number of hydrogen-bond donors (Lipinski definition) is 1. The highest BCUT2D eigenvalue weighted by Gasteiger charge is 2.23. The summed E-state index contributed by atoms with van der Waals surface area (Å²) in [6.07, 6.45) is 2.41. The third kappa shape index (κ3) is 3.73. The largest absolute Gasteiger partial charge is 0.497 e. The van der Waals surface area contributed by atoms with Crippen LogP contribution >= 0.6 is 0 Å². The second-order valence-corrected chi connectivity index (χ2v) is 8.21. The summed E-state index contributed by atoms with van der Waals surface area (Å²) >= 11 is 0. The van der Waals surface area contributed by atoms with Gasteiger partial charge in [0.05, 0.1) is 12.8 Å². The molecular formula is C27H28N2O. The number of piperidine rings is 1. The van der Waals surface area contributed by atoms with Gasteiger partial charge in [-0.15, -0.1) is 0 Å². The Labute approximate surface area is 178 Å². The summed E-state index contributed by atoms with van der Waals surface area (Å²) in [5.41, 5.74) is 6.59. The lowest BCUT2D eigenvalue weighted by Crippen LogP contribution is -2.32. The number of hydrogen-bond acceptors (Lipinski definition) is 2. The maximum absolute atomic E-state index is 5.30. The molecule has 3 nitrogen and oxygen atoms in total. The average Bonchev–Trinajstić information content (AvgIpc) is 3.19. The quantitative estimate of drug-likeness (QED) is 0.433. The molecule has 3 aromatic carbocycles. The molecule has 1 aliphatic heterocycles. The Balaban J connectivity index is 1.35. The molecule has 0 spiro atoms. The zero-order valence-electron chi connectivity index (χ0n) is 17.5. The number of methoxy groups -OCH3 is 1. The van der Waals surface area contributed by atoms with E-state index in [2.05, 4.69) is 88.7 Å². The van der Waals surface area contributed by atoms with E-state index in [4.69, 9.17) is 4.74 Å². The van der Waals surface area contributed by atoms with E-state index >= 15 is 0 Å². The lowest BCUT2D eigenvalue weighted by molar-refractivity contribution is 0.205. The summed E-state index contributed by atoms with van der Waals surface area (Å²) in [6.45, 7) is 3.25. The van der Waals surface area contributed by atoms with Gasteiger partial charge in [-0.25, -0.2) is 0 Å². The molecule has 1 saturated heterocycles. The third-order valence-corrected chi connectivity index (χ3v) is 6.43. The summed E-state index contributed by atoms with van der Waals surface area (Å²) in [4.78, 5) is 6.29. The fraction of sp³-hybridized carbons (Fsp3) is 0.259. The summed E-state index contributed by atoms with van der Waals surface area (Å²) in [7, 11) is 1.72. The molecule has 4 aromatic rings. The van der Waals surface area contributed by atoms with E-state index in [-0.39, 0.29) is 0 Å². The van der Waals surface area contributed by atoms with Gasteiger partial charge >= 0.3 is 0 Å². The first-order chi connectivity index (χ1) is 14.8. The number of fused-ring (bicyclic) bond motifs is 1. The molecule has 5 rings (SSSR count). The molecule has 2 heterocycles. The first-order valence-corrected chi connectivity index (χ1v) is 10.8. The molecule has 0 aliphatic carbocycles. The van der Waals surface area contributed by atoms with Crippen molar-refractivity contribution in [3.05, 3.63) is 90.0 Å². The van der Waals surface area contributed by atoms with Gasteiger partial charge in [0, 0.05) is 17.4 Å². The molecule has 152 valence electrons. The number of ether oxygens (including phenoxy) is 1. The van der Waals surface area contributed by atoms with Crippen molar-refractivity contribution < 1.29 is 4.74 Å². The highest BCUT2D eigenvalue weighted by molar-refractivity contribution is 5.90. The molecule has 3 heteroatoms. The molecule has 0 atom stereocenters. The minimum absolute atomic E-state index is 0.642. The SMILES string of the molecule is COc1ccc(C2CCN(Cc3c(-c4ccccc4)[nH]c4ccccc34)CC2)cc1. The van der Waals surface area contributed by atoms with Crippen molar-refractivity contribution >= 4 is 10.9 Å². The van der Waals surface area contributed by atoms with Gasteiger partial charge in [-0.3, -0.25) is 4.90 Å². The van der Waals surface area contributed by atoms with Crippen LogP contribution in [0.2, 0.25) is 0 Å². The number of para-hydroxylation sites is 1. The Morgan fingerprint density at radius 1 is 0.867 bits per heavy atom. The van der Waals surface area contributed by atoms with Gasteiger partial charge in [0.2, 0.25) is 0 Å².